The second-order valence-corrected chi connectivity index (χ2v) is 4.34. The molecule has 0 unspecified atom stereocenters. The molecule has 0 radical (unpaired) electrons. The molecule has 1 amide bonds. The number of halogens is 1. The number of anilines is 2. The van der Waals surface area contributed by atoms with E-state index >= 15 is 0 Å². The van der Waals surface area contributed by atoms with Gasteiger partial charge in [-0.15, -0.1) is 0 Å². The van der Waals surface area contributed by atoms with Crippen LogP contribution >= 0.6 is 11.6 Å². The van der Waals surface area contributed by atoms with Crippen molar-refractivity contribution in [3.05, 3.63) is 52.8 Å². The normalized spacial score (nSPS) is 9.65. The van der Waals surface area contributed by atoms with Crippen LogP contribution in [0.4, 0.5) is 11.4 Å². The Morgan fingerprint density at radius 3 is 2.80 bits per heavy atom. The highest BCUT2D eigenvalue weighted by molar-refractivity contribution is 6.34. The standard InChI is InChI=1S/C14H11ClN4O/c1-17-13-8-18-5-4-10(13)14(20)19-12-3-2-9(7-16)6-11(12)15/h2-6,8,17H,1H3,(H,19,20). The van der Waals surface area contributed by atoms with Crippen molar-refractivity contribution < 1.29 is 4.79 Å². The number of carbonyl (C=O) groups is 1. The van der Waals surface area contributed by atoms with Gasteiger partial charge in [0.05, 0.1) is 39.8 Å². The number of nitrogens with one attached hydrogen (secondary N) is 2. The highest BCUT2D eigenvalue weighted by atomic mass is 35.5. The molecule has 0 bridgehead atoms. The lowest BCUT2D eigenvalue weighted by atomic mass is 10.2. The number of pyridine rings is 1. The van der Waals surface area contributed by atoms with E-state index in [0.717, 1.165) is 0 Å². The Labute approximate surface area is 121 Å². The zero-order chi connectivity index (χ0) is 14.5. The number of amides is 1. The van der Waals surface area contributed by atoms with E-state index < -0.39 is 0 Å². The van der Waals surface area contributed by atoms with Gasteiger partial charge in [0.2, 0.25) is 0 Å². The fourth-order valence-corrected chi connectivity index (χ4v) is 1.90. The summed E-state index contributed by atoms with van der Waals surface area (Å²) in [5, 5.41) is 14.7. The van der Waals surface area contributed by atoms with Gasteiger partial charge in [-0.05, 0) is 24.3 Å². The van der Waals surface area contributed by atoms with Crippen molar-refractivity contribution in [2.75, 3.05) is 17.7 Å². The summed E-state index contributed by atoms with van der Waals surface area (Å²) in [6.45, 7) is 0. The molecule has 100 valence electrons. The summed E-state index contributed by atoms with van der Waals surface area (Å²) in [6.07, 6.45) is 3.10. The lowest BCUT2D eigenvalue weighted by Gasteiger charge is -2.10. The average molecular weight is 287 g/mol. The Morgan fingerprint density at radius 2 is 2.15 bits per heavy atom. The highest BCUT2D eigenvalue weighted by Gasteiger charge is 2.12. The second-order valence-electron chi connectivity index (χ2n) is 3.93. The van der Waals surface area contributed by atoms with Gasteiger partial charge in [0.1, 0.15) is 0 Å². The van der Waals surface area contributed by atoms with Crippen LogP contribution in [0.2, 0.25) is 5.02 Å². The van der Waals surface area contributed by atoms with Crippen LogP contribution in [0, 0.1) is 11.3 Å². The Kier molecular flexibility index (Phi) is 4.18. The molecule has 1 heterocycles. The van der Waals surface area contributed by atoms with E-state index in [-0.39, 0.29) is 5.91 Å². The maximum absolute atomic E-state index is 12.2. The largest absolute Gasteiger partial charge is 0.386 e. The maximum Gasteiger partial charge on any atom is 0.257 e. The van der Waals surface area contributed by atoms with Gasteiger partial charge in [0.15, 0.2) is 0 Å². The van der Waals surface area contributed by atoms with E-state index in [9.17, 15) is 4.79 Å². The van der Waals surface area contributed by atoms with Gasteiger partial charge in [-0.25, -0.2) is 0 Å². The first-order valence-electron chi connectivity index (χ1n) is 5.78. The number of rotatable bonds is 3. The van der Waals surface area contributed by atoms with E-state index in [4.69, 9.17) is 16.9 Å². The quantitative estimate of drug-likeness (QED) is 0.909. The van der Waals surface area contributed by atoms with Crippen molar-refractivity contribution in [3.63, 3.8) is 0 Å². The van der Waals surface area contributed by atoms with Crippen molar-refractivity contribution >= 4 is 28.9 Å². The van der Waals surface area contributed by atoms with E-state index in [1.165, 1.54) is 12.3 Å². The molecule has 2 N–H and O–H groups in total. The van der Waals surface area contributed by atoms with Crippen LogP contribution in [0.5, 0.6) is 0 Å². The molecule has 2 rings (SSSR count). The lowest BCUT2D eigenvalue weighted by molar-refractivity contribution is 0.102. The van der Waals surface area contributed by atoms with Gasteiger partial charge < -0.3 is 10.6 Å². The Bertz CT molecular complexity index is 694. The van der Waals surface area contributed by atoms with Crippen LogP contribution in [0.15, 0.2) is 36.7 Å². The van der Waals surface area contributed by atoms with Crippen LogP contribution in [-0.2, 0) is 0 Å². The van der Waals surface area contributed by atoms with Crippen molar-refractivity contribution in [1.82, 2.24) is 4.98 Å². The van der Waals surface area contributed by atoms with Crippen LogP contribution in [0.25, 0.3) is 0 Å². The molecule has 1 aromatic heterocycles. The molecule has 6 heteroatoms. The smallest absolute Gasteiger partial charge is 0.257 e. The Hall–Kier alpha value is -2.58. The van der Waals surface area contributed by atoms with E-state index in [1.807, 2.05) is 6.07 Å². The zero-order valence-electron chi connectivity index (χ0n) is 10.6. The summed E-state index contributed by atoms with van der Waals surface area (Å²) >= 11 is 6.02. The van der Waals surface area contributed by atoms with Crippen LogP contribution < -0.4 is 10.6 Å². The summed E-state index contributed by atoms with van der Waals surface area (Å²) in [4.78, 5) is 16.1. The van der Waals surface area contributed by atoms with Crippen LogP contribution in [0.1, 0.15) is 15.9 Å². The molecule has 20 heavy (non-hydrogen) atoms. The maximum atomic E-state index is 12.2. The summed E-state index contributed by atoms with van der Waals surface area (Å²) in [5.41, 5.74) is 1.97. The predicted octanol–water partition coefficient (Wildman–Crippen LogP) is 2.90. The van der Waals surface area contributed by atoms with Gasteiger partial charge in [0.25, 0.3) is 5.91 Å². The van der Waals surface area contributed by atoms with Crippen molar-refractivity contribution in [2.45, 2.75) is 0 Å². The molecular formula is C14H11ClN4O. The molecule has 1 aromatic carbocycles. The minimum Gasteiger partial charge on any atom is -0.386 e. The SMILES string of the molecule is CNc1cnccc1C(=O)Nc1ccc(C#N)cc1Cl. The molecule has 0 saturated heterocycles. The lowest BCUT2D eigenvalue weighted by Crippen LogP contribution is -2.14. The molecule has 0 saturated carbocycles. The fourth-order valence-electron chi connectivity index (χ4n) is 1.67. The number of nitriles is 1. The molecule has 2 aromatic rings. The van der Waals surface area contributed by atoms with Gasteiger partial charge in [-0.3, -0.25) is 9.78 Å². The topological polar surface area (TPSA) is 77.8 Å². The number of hydrogen-bond donors (Lipinski definition) is 2. The Morgan fingerprint density at radius 1 is 1.35 bits per heavy atom. The number of hydrogen-bond acceptors (Lipinski definition) is 4. The molecule has 0 aliphatic carbocycles. The van der Waals surface area contributed by atoms with E-state index in [0.29, 0.717) is 27.5 Å². The van der Waals surface area contributed by atoms with Gasteiger partial charge >= 0.3 is 0 Å². The molecule has 0 aliphatic rings. The number of benzene rings is 1. The van der Waals surface area contributed by atoms with Crippen LogP contribution in [-0.4, -0.2) is 17.9 Å². The monoisotopic (exact) mass is 286 g/mol. The fraction of sp³-hybridized carbons (Fsp3) is 0.0714. The van der Waals surface area contributed by atoms with Crippen LogP contribution in [0.3, 0.4) is 0 Å². The first-order valence-corrected chi connectivity index (χ1v) is 6.16. The van der Waals surface area contributed by atoms with Crippen molar-refractivity contribution in [1.29, 1.82) is 5.26 Å². The molecule has 0 spiro atoms. The van der Waals surface area contributed by atoms with Gasteiger partial charge in [-0.2, -0.15) is 5.26 Å². The third-order valence-electron chi connectivity index (χ3n) is 2.68. The summed E-state index contributed by atoms with van der Waals surface area (Å²) in [7, 11) is 1.71. The number of carbonyl (C=O) groups excluding carboxylic acids is 1. The Balaban J connectivity index is 2.26. The second kappa shape index (κ2) is 6.04. The van der Waals surface area contributed by atoms with Gasteiger partial charge in [0, 0.05) is 13.2 Å². The molecule has 0 aliphatic heterocycles. The molecule has 0 fully saturated rings. The molecular weight excluding hydrogens is 276 g/mol. The van der Waals surface area contributed by atoms with E-state index in [1.54, 1.807) is 31.4 Å². The minimum absolute atomic E-state index is 0.302. The summed E-state index contributed by atoms with van der Waals surface area (Å²) < 4.78 is 0. The zero-order valence-corrected chi connectivity index (χ0v) is 11.4. The highest BCUT2D eigenvalue weighted by Crippen LogP contribution is 2.24. The van der Waals surface area contributed by atoms with Crippen molar-refractivity contribution in [2.24, 2.45) is 0 Å². The third-order valence-corrected chi connectivity index (χ3v) is 2.99. The molecule has 0 atom stereocenters. The first-order chi connectivity index (χ1) is 9.65. The summed E-state index contributed by atoms with van der Waals surface area (Å²) in [5.74, 6) is -0.302. The van der Waals surface area contributed by atoms with Gasteiger partial charge in [-0.1, -0.05) is 11.6 Å². The average Bonchev–Trinajstić information content (AvgIpc) is 2.49. The summed E-state index contributed by atoms with van der Waals surface area (Å²) in [6, 6.07) is 8.28. The predicted molar refractivity (Wildman–Crippen MR) is 77.9 cm³/mol. The number of nitrogens with zero attached hydrogens (tertiary/aromatic N) is 2. The third kappa shape index (κ3) is 2.87. The minimum atomic E-state index is -0.302. The van der Waals surface area contributed by atoms with E-state index in [2.05, 4.69) is 15.6 Å². The molecule has 5 nitrogen and oxygen atoms in total. The first kappa shape index (κ1) is 13.8. The van der Waals surface area contributed by atoms with Crippen molar-refractivity contribution in [3.8, 4) is 6.07 Å². The number of aromatic nitrogens is 1.